The van der Waals surface area contributed by atoms with E-state index in [0.717, 1.165) is 0 Å². The Kier molecular flexibility index (Phi) is 5.66. The van der Waals surface area contributed by atoms with E-state index in [1.807, 2.05) is 0 Å². The SMILES string of the molecule is O=C(/C=C/c1ccc(N2CCCS2(=O)=O)cc1)Nc1ccc(Cl)c([N+](=O)[O-])c1. The first-order valence-electron chi connectivity index (χ1n) is 8.30. The molecule has 0 spiro atoms. The Morgan fingerprint density at radius 3 is 2.54 bits per heavy atom. The molecule has 0 saturated carbocycles. The van der Waals surface area contributed by atoms with Gasteiger partial charge in [0.15, 0.2) is 0 Å². The summed E-state index contributed by atoms with van der Waals surface area (Å²) in [5, 5.41) is 13.4. The number of anilines is 2. The van der Waals surface area contributed by atoms with Crippen LogP contribution in [0.4, 0.5) is 17.1 Å². The van der Waals surface area contributed by atoms with Crippen LogP contribution in [0.15, 0.2) is 48.5 Å². The number of nitro benzene ring substituents is 1. The van der Waals surface area contributed by atoms with Gasteiger partial charge in [-0.25, -0.2) is 8.42 Å². The number of sulfonamides is 1. The Balaban J connectivity index is 1.66. The molecule has 0 aliphatic carbocycles. The van der Waals surface area contributed by atoms with Crippen LogP contribution in [0.25, 0.3) is 6.08 Å². The number of amides is 1. The molecule has 1 aliphatic rings. The van der Waals surface area contributed by atoms with Crippen molar-refractivity contribution in [2.45, 2.75) is 6.42 Å². The van der Waals surface area contributed by atoms with Crippen molar-refractivity contribution < 1.29 is 18.1 Å². The maximum absolute atomic E-state index is 12.0. The molecule has 1 heterocycles. The fourth-order valence-corrected chi connectivity index (χ4v) is 4.52. The predicted octanol–water partition coefficient (Wildman–Crippen LogP) is 3.44. The molecule has 1 fully saturated rings. The third kappa shape index (κ3) is 4.49. The number of halogens is 1. The lowest BCUT2D eigenvalue weighted by molar-refractivity contribution is -0.384. The van der Waals surface area contributed by atoms with E-state index in [9.17, 15) is 23.3 Å². The molecule has 3 rings (SSSR count). The van der Waals surface area contributed by atoms with Crippen LogP contribution < -0.4 is 9.62 Å². The lowest BCUT2D eigenvalue weighted by Gasteiger charge is -2.16. The van der Waals surface area contributed by atoms with E-state index in [2.05, 4.69) is 5.32 Å². The van der Waals surface area contributed by atoms with E-state index in [4.69, 9.17) is 11.6 Å². The molecule has 10 heteroatoms. The van der Waals surface area contributed by atoms with Gasteiger partial charge >= 0.3 is 0 Å². The van der Waals surface area contributed by atoms with Gasteiger partial charge in [-0.2, -0.15) is 0 Å². The Hall–Kier alpha value is -2.91. The summed E-state index contributed by atoms with van der Waals surface area (Å²) in [6.07, 6.45) is 3.44. The number of nitro groups is 1. The van der Waals surface area contributed by atoms with Crippen molar-refractivity contribution in [2.75, 3.05) is 21.9 Å². The zero-order valence-electron chi connectivity index (χ0n) is 14.5. The molecule has 0 bridgehead atoms. The van der Waals surface area contributed by atoms with Gasteiger partial charge in [0.1, 0.15) is 5.02 Å². The minimum absolute atomic E-state index is 0.0151. The third-order valence-corrected chi connectivity index (χ3v) is 6.31. The van der Waals surface area contributed by atoms with Gasteiger partial charge in [-0.15, -0.1) is 0 Å². The number of carbonyl (C=O) groups is 1. The summed E-state index contributed by atoms with van der Waals surface area (Å²) >= 11 is 5.74. The molecule has 1 aliphatic heterocycles. The highest BCUT2D eigenvalue weighted by atomic mass is 35.5. The number of nitrogens with zero attached hydrogens (tertiary/aromatic N) is 2. The van der Waals surface area contributed by atoms with Crippen LogP contribution in [-0.2, 0) is 14.8 Å². The lowest BCUT2D eigenvalue weighted by atomic mass is 10.2. The minimum Gasteiger partial charge on any atom is -0.322 e. The standard InChI is InChI=1S/C18H16ClN3O5S/c19-16-8-5-14(12-17(16)22(24)25)20-18(23)9-4-13-2-6-15(7-3-13)21-10-1-11-28(21,26)27/h2-9,12H,1,10-11H2,(H,20,23)/b9-4+. The second kappa shape index (κ2) is 7.99. The van der Waals surface area contributed by atoms with Crippen molar-refractivity contribution in [1.82, 2.24) is 0 Å². The van der Waals surface area contributed by atoms with Crippen molar-refractivity contribution in [3.05, 3.63) is 69.2 Å². The van der Waals surface area contributed by atoms with Crippen LogP contribution in [-0.4, -0.2) is 31.5 Å². The van der Waals surface area contributed by atoms with Crippen LogP contribution in [0.5, 0.6) is 0 Å². The number of hydrogen-bond acceptors (Lipinski definition) is 5. The summed E-state index contributed by atoms with van der Waals surface area (Å²) in [5.74, 6) is -0.319. The van der Waals surface area contributed by atoms with Crippen LogP contribution in [0.3, 0.4) is 0 Å². The highest BCUT2D eigenvalue weighted by Crippen LogP contribution is 2.27. The molecule has 2 aromatic carbocycles. The van der Waals surface area contributed by atoms with Gasteiger partial charge < -0.3 is 5.32 Å². The average molecular weight is 422 g/mol. The lowest BCUT2D eigenvalue weighted by Crippen LogP contribution is -2.24. The van der Waals surface area contributed by atoms with Gasteiger partial charge in [0, 0.05) is 24.4 Å². The molecule has 0 aromatic heterocycles. The summed E-state index contributed by atoms with van der Waals surface area (Å²) in [6, 6.07) is 10.8. The van der Waals surface area contributed by atoms with Gasteiger partial charge in [-0.05, 0) is 42.3 Å². The molecule has 146 valence electrons. The normalized spacial score (nSPS) is 15.7. The smallest absolute Gasteiger partial charge is 0.289 e. The van der Waals surface area contributed by atoms with Crippen LogP contribution in [0.2, 0.25) is 5.02 Å². The Bertz CT molecular complexity index is 1050. The van der Waals surface area contributed by atoms with Gasteiger partial charge in [-0.3, -0.25) is 19.2 Å². The highest BCUT2D eigenvalue weighted by Gasteiger charge is 2.28. The fourth-order valence-electron chi connectivity index (χ4n) is 2.77. The van der Waals surface area contributed by atoms with Crippen LogP contribution in [0.1, 0.15) is 12.0 Å². The predicted molar refractivity (Wildman–Crippen MR) is 108 cm³/mol. The molecular weight excluding hydrogens is 406 g/mol. The Labute approximate surface area is 166 Å². The second-order valence-electron chi connectivity index (χ2n) is 6.08. The topological polar surface area (TPSA) is 110 Å². The first kappa shape index (κ1) is 19.8. The summed E-state index contributed by atoms with van der Waals surface area (Å²) in [7, 11) is -3.23. The molecule has 2 aromatic rings. The van der Waals surface area contributed by atoms with E-state index in [-0.39, 0.29) is 22.2 Å². The monoisotopic (exact) mass is 421 g/mol. The molecule has 0 unspecified atom stereocenters. The molecule has 0 radical (unpaired) electrons. The number of benzene rings is 2. The van der Waals surface area contributed by atoms with E-state index < -0.39 is 20.9 Å². The number of rotatable bonds is 5. The molecule has 8 nitrogen and oxygen atoms in total. The summed E-state index contributed by atoms with van der Waals surface area (Å²) in [5.41, 5.74) is 1.25. The first-order chi connectivity index (χ1) is 13.3. The van der Waals surface area contributed by atoms with Crippen LogP contribution in [0, 0.1) is 10.1 Å². The van der Waals surface area contributed by atoms with E-state index in [1.165, 1.54) is 28.6 Å². The first-order valence-corrected chi connectivity index (χ1v) is 10.3. The summed E-state index contributed by atoms with van der Waals surface area (Å²) < 4.78 is 25.2. The summed E-state index contributed by atoms with van der Waals surface area (Å²) in [6.45, 7) is 0.465. The van der Waals surface area contributed by atoms with E-state index >= 15 is 0 Å². The zero-order chi connectivity index (χ0) is 20.3. The largest absolute Gasteiger partial charge is 0.322 e. The van der Waals surface area contributed by atoms with Crippen molar-refractivity contribution in [1.29, 1.82) is 0 Å². The van der Waals surface area contributed by atoms with Crippen molar-refractivity contribution >= 4 is 50.7 Å². The number of nitrogens with one attached hydrogen (secondary N) is 1. The van der Waals surface area contributed by atoms with Gasteiger partial charge in [0.2, 0.25) is 15.9 Å². The molecule has 28 heavy (non-hydrogen) atoms. The van der Waals surface area contributed by atoms with E-state index in [0.29, 0.717) is 24.2 Å². The molecule has 1 amide bonds. The average Bonchev–Trinajstić information content (AvgIpc) is 3.01. The number of hydrogen-bond donors (Lipinski definition) is 1. The Morgan fingerprint density at radius 1 is 1.21 bits per heavy atom. The molecule has 1 saturated heterocycles. The van der Waals surface area contributed by atoms with Crippen molar-refractivity contribution in [3.63, 3.8) is 0 Å². The maximum atomic E-state index is 12.0. The van der Waals surface area contributed by atoms with E-state index in [1.54, 1.807) is 30.3 Å². The van der Waals surface area contributed by atoms with Crippen molar-refractivity contribution in [3.8, 4) is 0 Å². The second-order valence-corrected chi connectivity index (χ2v) is 8.50. The van der Waals surface area contributed by atoms with Gasteiger partial charge in [0.25, 0.3) is 5.69 Å². The summed E-state index contributed by atoms with van der Waals surface area (Å²) in [4.78, 5) is 22.3. The van der Waals surface area contributed by atoms with Gasteiger partial charge in [0.05, 0.1) is 16.4 Å². The van der Waals surface area contributed by atoms with Crippen LogP contribution >= 0.6 is 11.6 Å². The minimum atomic E-state index is -3.23. The Morgan fingerprint density at radius 2 is 1.93 bits per heavy atom. The van der Waals surface area contributed by atoms with Crippen molar-refractivity contribution in [2.24, 2.45) is 0 Å². The van der Waals surface area contributed by atoms with Gasteiger partial charge in [-0.1, -0.05) is 23.7 Å². The zero-order valence-corrected chi connectivity index (χ0v) is 16.1. The number of carbonyl (C=O) groups excluding carboxylic acids is 1. The quantitative estimate of drug-likeness (QED) is 0.451. The third-order valence-electron chi connectivity index (χ3n) is 4.12. The molecule has 0 atom stereocenters. The molecule has 1 N–H and O–H groups in total. The fraction of sp³-hybridized carbons (Fsp3) is 0.167. The molecular formula is C18H16ClN3O5S. The highest BCUT2D eigenvalue weighted by molar-refractivity contribution is 7.93. The maximum Gasteiger partial charge on any atom is 0.289 e.